The first-order chi connectivity index (χ1) is 23.8. The van der Waals surface area contributed by atoms with E-state index in [9.17, 15) is 0 Å². The molecule has 48 heavy (non-hydrogen) atoms. The van der Waals surface area contributed by atoms with Crippen LogP contribution in [-0.2, 0) is 0 Å². The fourth-order valence-electron chi connectivity index (χ4n) is 6.74. The van der Waals surface area contributed by atoms with Gasteiger partial charge in [-0.15, -0.1) is 0 Å². The first-order valence-electron chi connectivity index (χ1n) is 16.2. The smallest absolute Gasteiger partial charge is 0.227 e. The summed E-state index contributed by atoms with van der Waals surface area (Å²) in [7, 11) is 0. The average Bonchev–Trinajstić information content (AvgIpc) is 3.61. The third-order valence-electron chi connectivity index (χ3n) is 9.05. The topological polar surface area (TPSA) is 29.3 Å². The third kappa shape index (κ3) is 4.99. The number of hydrogen-bond acceptors (Lipinski definition) is 3. The monoisotopic (exact) mass is 614 g/mol. The van der Waals surface area contributed by atoms with Crippen LogP contribution in [0, 0.1) is 0 Å². The van der Waals surface area contributed by atoms with Crippen LogP contribution in [0.5, 0.6) is 0 Å². The largest absolute Gasteiger partial charge is 0.435 e. The second-order valence-corrected chi connectivity index (χ2v) is 12.0. The van der Waals surface area contributed by atoms with Gasteiger partial charge in [0.25, 0.3) is 0 Å². The Bertz CT molecular complexity index is 2560. The van der Waals surface area contributed by atoms with E-state index in [2.05, 4.69) is 157 Å². The number of oxazole rings is 1. The quantitative estimate of drug-likeness (QED) is 0.187. The van der Waals surface area contributed by atoms with E-state index in [1.807, 2.05) is 30.3 Å². The van der Waals surface area contributed by atoms with Gasteiger partial charge in [-0.1, -0.05) is 121 Å². The molecule has 0 unspecified atom stereocenters. The molecule has 0 aliphatic carbocycles. The summed E-state index contributed by atoms with van der Waals surface area (Å²) < 4.78 is 6.38. The lowest BCUT2D eigenvalue weighted by Crippen LogP contribution is -2.10. The van der Waals surface area contributed by atoms with Crippen molar-refractivity contribution in [2.24, 2.45) is 0 Å². The van der Waals surface area contributed by atoms with Gasteiger partial charge in [0.2, 0.25) is 5.89 Å². The molecule has 0 aliphatic rings. The maximum Gasteiger partial charge on any atom is 0.227 e. The summed E-state index contributed by atoms with van der Waals surface area (Å²) in [5.74, 6) is 0.631. The molecule has 3 heteroatoms. The highest BCUT2D eigenvalue weighted by Gasteiger charge is 2.17. The Morgan fingerprint density at radius 1 is 0.396 bits per heavy atom. The van der Waals surface area contributed by atoms with Gasteiger partial charge < -0.3 is 9.32 Å². The van der Waals surface area contributed by atoms with Crippen molar-refractivity contribution >= 4 is 49.7 Å². The zero-order chi connectivity index (χ0) is 31.9. The molecule has 0 atom stereocenters. The Labute approximate surface area is 279 Å². The van der Waals surface area contributed by atoms with Gasteiger partial charge in [0.05, 0.1) is 0 Å². The molecule has 1 heterocycles. The summed E-state index contributed by atoms with van der Waals surface area (Å²) in [6, 6.07) is 64.2. The molecule has 0 N–H and O–H groups in total. The third-order valence-corrected chi connectivity index (χ3v) is 9.05. The highest BCUT2D eigenvalue weighted by Crippen LogP contribution is 2.41. The molecule has 0 saturated carbocycles. The van der Waals surface area contributed by atoms with Crippen LogP contribution < -0.4 is 4.90 Å². The molecule has 226 valence electrons. The summed E-state index contributed by atoms with van der Waals surface area (Å²) in [5, 5.41) is 4.60. The van der Waals surface area contributed by atoms with E-state index in [4.69, 9.17) is 9.40 Å². The SMILES string of the molecule is c1ccc(-c2cccc(N(c3cccc(-c4cccc5ccccc45)c3)c3ccc4c(ccc5nc(-c6ccccc6)oc54)c3)c2)cc1. The molecule has 0 bridgehead atoms. The minimum atomic E-state index is 0.631. The van der Waals surface area contributed by atoms with E-state index in [1.165, 1.54) is 33.0 Å². The molecule has 9 aromatic rings. The minimum Gasteiger partial charge on any atom is -0.435 e. The fourth-order valence-corrected chi connectivity index (χ4v) is 6.74. The Kier molecular flexibility index (Phi) is 6.80. The second-order valence-electron chi connectivity index (χ2n) is 12.0. The van der Waals surface area contributed by atoms with Crippen LogP contribution >= 0.6 is 0 Å². The molecule has 0 amide bonds. The lowest BCUT2D eigenvalue weighted by atomic mass is 9.97. The van der Waals surface area contributed by atoms with E-state index in [-0.39, 0.29) is 0 Å². The zero-order valence-electron chi connectivity index (χ0n) is 26.1. The standard InChI is InChI=1S/C45H30N2O/c1-3-12-31(13-4-1)34-18-9-20-37(28-34)47(38-21-10-19-35(29-38)41-23-11-17-32-14-7-8-22-40(32)41)39-25-26-42-36(30-39)24-27-43-44(42)48-45(46-43)33-15-5-2-6-16-33/h1-30H. The van der Waals surface area contributed by atoms with E-state index >= 15 is 0 Å². The van der Waals surface area contributed by atoms with Gasteiger partial charge in [0, 0.05) is 28.0 Å². The molecule has 3 nitrogen and oxygen atoms in total. The predicted octanol–water partition coefficient (Wildman–Crippen LogP) is 12.6. The molecule has 0 radical (unpaired) electrons. The number of rotatable bonds is 6. The first kappa shape index (κ1) is 27.8. The molecule has 0 fully saturated rings. The van der Waals surface area contributed by atoms with Crippen LogP contribution in [0.25, 0.3) is 66.4 Å². The minimum absolute atomic E-state index is 0.631. The maximum atomic E-state index is 6.38. The molecule has 8 aromatic carbocycles. The van der Waals surface area contributed by atoms with Gasteiger partial charge >= 0.3 is 0 Å². The van der Waals surface area contributed by atoms with Gasteiger partial charge in [-0.05, 0) is 99.1 Å². The van der Waals surface area contributed by atoms with Crippen LogP contribution in [0.4, 0.5) is 17.1 Å². The van der Waals surface area contributed by atoms with Crippen molar-refractivity contribution in [3.8, 4) is 33.7 Å². The summed E-state index contributed by atoms with van der Waals surface area (Å²) in [4.78, 5) is 7.15. The molecule has 1 aromatic heterocycles. The highest BCUT2D eigenvalue weighted by molar-refractivity contribution is 6.05. The number of benzene rings is 8. The molecule has 0 spiro atoms. The van der Waals surface area contributed by atoms with Gasteiger partial charge in [0.1, 0.15) is 5.52 Å². The summed E-state index contributed by atoms with van der Waals surface area (Å²) in [5.41, 5.74) is 10.6. The van der Waals surface area contributed by atoms with Gasteiger partial charge in [-0.2, -0.15) is 0 Å². The molecule has 0 saturated heterocycles. The van der Waals surface area contributed by atoms with E-state index in [1.54, 1.807) is 0 Å². The van der Waals surface area contributed by atoms with Crippen molar-refractivity contribution in [3.05, 3.63) is 182 Å². The lowest BCUT2D eigenvalue weighted by molar-refractivity contribution is 0.623. The Hall–Kier alpha value is -6.45. The highest BCUT2D eigenvalue weighted by atomic mass is 16.3. The van der Waals surface area contributed by atoms with Crippen molar-refractivity contribution in [3.63, 3.8) is 0 Å². The number of nitrogens with zero attached hydrogens (tertiary/aromatic N) is 2. The summed E-state index contributed by atoms with van der Waals surface area (Å²) in [6.45, 7) is 0. The lowest BCUT2D eigenvalue weighted by Gasteiger charge is -2.27. The Balaban J connectivity index is 1.21. The van der Waals surface area contributed by atoms with Crippen LogP contribution in [0.15, 0.2) is 186 Å². The Morgan fingerprint density at radius 2 is 1.02 bits per heavy atom. The normalized spacial score (nSPS) is 11.3. The number of anilines is 3. The van der Waals surface area contributed by atoms with Crippen molar-refractivity contribution in [2.75, 3.05) is 4.90 Å². The maximum absolute atomic E-state index is 6.38. The van der Waals surface area contributed by atoms with Gasteiger partial charge in [0.15, 0.2) is 5.58 Å². The number of hydrogen-bond donors (Lipinski definition) is 0. The molecular weight excluding hydrogens is 585 g/mol. The van der Waals surface area contributed by atoms with E-state index in [0.29, 0.717) is 5.89 Å². The van der Waals surface area contributed by atoms with E-state index < -0.39 is 0 Å². The molecule has 0 aliphatic heterocycles. The molecule has 9 rings (SSSR count). The van der Waals surface area contributed by atoms with Crippen molar-refractivity contribution in [1.82, 2.24) is 4.98 Å². The Morgan fingerprint density at radius 3 is 1.83 bits per heavy atom. The van der Waals surface area contributed by atoms with Crippen LogP contribution in [0.3, 0.4) is 0 Å². The molecular formula is C45H30N2O. The summed E-state index contributed by atoms with van der Waals surface area (Å²) in [6.07, 6.45) is 0. The predicted molar refractivity (Wildman–Crippen MR) is 200 cm³/mol. The van der Waals surface area contributed by atoms with Crippen molar-refractivity contribution in [1.29, 1.82) is 0 Å². The second kappa shape index (κ2) is 11.7. The van der Waals surface area contributed by atoms with Gasteiger partial charge in [-0.3, -0.25) is 0 Å². The summed E-state index contributed by atoms with van der Waals surface area (Å²) >= 11 is 0. The van der Waals surface area contributed by atoms with Crippen LogP contribution in [0.2, 0.25) is 0 Å². The average molecular weight is 615 g/mol. The van der Waals surface area contributed by atoms with Crippen molar-refractivity contribution in [2.45, 2.75) is 0 Å². The van der Waals surface area contributed by atoms with Crippen LogP contribution in [-0.4, -0.2) is 4.98 Å². The fraction of sp³-hybridized carbons (Fsp3) is 0. The van der Waals surface area contributed by atoms with Gasteiger partial charge in [-0.25, -0.2) is 4.98 Å². The van der Waals surface area contributed by atoms with Crippen LogP contribution in [0.1, 0.15) is 0 Å². The number of aromatic nitrogens is 1. The number of fused-ring (bicyclic) bond motifs is 4. The zero-order valence-corrected chi connectivity index (χ0v) is 26.1. The first-order valence-corrected chi connectivity index (χ1v) is 16.2. The van der Waals surface area contributed by atoms with E-state index in [0.717, 1.165) is 44.5 Å². The van der Waals surface area contributed by atoms with Crippen molar-refractivity contribution < 1.29 is 4.42 Å².